The van der Waals surface area contributed by atoms with Gasteiger partial charge < -0.3 is 4.74 Å². The maximum absolute atomic E-state index is 13.7. The highest BCUT2D eigenvalue weighted by molar-refractivity contribution is 7.93. The molecular weight excluding hydrogens is 331 g/mol. The van der Waals surface area contributed by atoms with E-state index in [-0.39, 0.29) is 17.3 Å². The van der Waals surface area contributed by atoms with Crippen molar-refractivity contribution in [1.82, 2.24) is 0 Å². The Bertz CT molecular complexity index is 749. The summed E-state index contributed by atoms with van der Waals surface area (Å²) < 4.78 is 43.8. The number of Topliss-reactive ketones (excluding diaryl/α,β-unsaturated/α-hetero) is 1. The smallest absolute Gasteiger partial charge is 0.169 e. The molecule has 4 rings (SSSR count). The summed E-state index contributed by atoms with van der Waals surface area (Å²) in [5.41, 5.74) is 0.263. The summed E-state index contributed by atoms with van der Waals surface area (Å²) in [6.07, 6.45) is 4.27. The lowest BCUT2D eigenvalue weighted by atomic mass is 9.90. The number of rotatable bonds is 5. The zero-order chi connectivity index (χ0) is 16.9. The minimum atomic E-state index is -3.07. The molecule has 2 unspecified atom stereocenters. The van der Waals surface area contributed by atoms with Crippen LogP contribution in [0.1, 0.15) is 48.9 Å². The lowest BCUT2D eigenvalue weighted by molar-refractivity contribution is 0.0900. The van der Waals surface area contributed by atoms with Gasteiger partial charge in [-0.3, -0.25) is 4.79 Å². The van der Waals surface area contributed by atoms with Gasteiger partial charge in [-0.2, -0.15) is 0 Å². The van der Waals surface area contributed by atoms with E-state index in [4.69, 9.17) is 4.74 Å². The zero-order valence-corrected chi connectivity index (χ0v) is 14.2. The van der Waals surface area contributed by atoms with E-state index < -0.39 is 26.2 Å². The van der Waals surface area contributed by atoms with Crippen LogP contribution in [0.25, 0.3) is 0 Å². The number of ether oxygens (including phenoxy) is 1. The molecular formula is C18H21FO4S. The molecule has 2 heterocycles. The van der Waals surface area contributed by atoms with Crippen molar-refractivity contribution in [3.8, 4) is 5.75 Å². The second kappa shape index (κ2) is 5.83. The summed E-state index contributed by atoms with van der Waals surface area (Å²) in [6, 6.07) is 4.04. The van der Waals surface area contributed by atoms with Crippen molar-refractivity contribution < 1.29 is 22.3 Å². The number of carbonyl (C=O) groups excluding carboxylic acids is 1. The van der Waals surface area contributed by atoms with Crippen LogP contribution in [0, 0.1) is 17.7 Å². The molecule has 1 aromatic rings. The monoisotopic (exact) mass is 352 g/mol. The highest BCUT2D eigenvalue weighted by atomic mass is 32.2. The van der Waals surface area contributed by atoms with Crippen molar-refractivity contribution in [2.75, 3.05) is 6.61 Å². The Hall–Kier alpha value is -1.43. The van der Waals surface area contributed by atoms with Crippen LogP contribution in [0.4, 0.5) is 4.39 Å². The molecule has 4 nitrogen and oxygen atoms in total. The molecule has 1 saturated carbocycles. The van der Waals surface area contributed by atoms with Gasteiger partial charge in [0.2, 0.25) is 0 Å². The maximum Gasteiger partial charge on any atom is 0.169 e. The third-order valence-electron chi connectivity index (χ3n) is 5.58. The van der Waals surface area contributed by atoms with Crippen molar-refractivity contribution in [3.05, 3.63) is 29.6 Å². The molecule has 130 valence electrons. The number of hydrogen-bond acceptors (Lipinski definition) is 4. The summed E-state index contributed by atoms with van der Waals surface area (Å²) in [7, 11) is -3.07. The molecule has 2 saturated heterocycles. The molecule has 0 aromatic heterocycles. The number of hydrogen-bond donors (Lipinski definition) is 0. The van der Waals surface area contributed by atoms with Gasteiger partial charge in [0, 0.05) is 5.92 Å². The maximum atomic E-state index is 13.7. The Morgan fingerprint density at radius 1 is 1.12 bits per heavy atom. The van der Waals surface area contributed by atoms with Gasteiger partial charge in [0.25, 0.3) is 0 Å². The van der Waals surface area contributed by atoms with Crippen molar-refractivity contribution in [1.29, 1.82) is 0 Å². The van der Waals surface area contributed by atoms with Crippen molar-refractivity contribution >= 4 is 15.6 Å². The summed E-state index contributed by atoms with van der Waals surface area (Å²) in [5, 5.41) is -0.816. The fourth-order valence-electron chi connectivity index (χ4n) is 3.95. The van der Waals surface area contributed by atoms with Gasteiger partial charge in [-0.05, 0) is 62.6 Å². The Morgan fingerprint density at radius 3 is 2.42 bits per heavy atom. The van der Waals surface area contributed by atoms with E-state index in [0.717, 1.165) is 12.8 Å². The summed E-state index contributed by atoms with van der Waals surface area (Å²) >= 11 is 0. The van der Waals surface area contributed by atoms with Gasteiger partial charge in [-0.15, -0.1) is 0 Å². The highest BCUT2D eigenvalue weighted by Gasteiger charge is 2.48. The van der Waals surface area contributed by atoms with Crippen molar-refractivity contribution in [2.24, 2.45) is 11.8 Å². The summed E-state index contributed by atoms with van der Waals surface area (Å²) in [4.78, 5) is 12.9. The van der Waals surface area contributed by atoms with E-state index in [9.17, 15) is 17.6 Å². The van der Waals surface area contributed by atoms with Crippen molar-refractivity contribution in [3.63, 3.8) is 0 Å². The molecule has 3 fully saturated rings. The largest absolute Gasteiger partial charge is 0.493 e. The molecule has 0 N–H and O–H groups in total. The van der Waals surface area contributed by atoms with Gasteiger partial charge in [-0.1, -0.05) is 0 Å². The molecule has 1 aliphatic carbocycles. The first-order valence-electron chi connectivity index (χ1n) is 8.64. The predicted molar refractivity (Wildman–Crippen MR) is 87.4 cm³/mol. The van der Waals surface area contributed by atoms with E-state index in [1.165, 1.54) is 18.2 Å². The number of sulfone groups is 1. The lowest BCUT2D eigenvalue weighted by Crippen LogP contribution is -2.36. The molecule has 2 atom stereocenters. The summed E-state index contributed by atoms with van der Waals surface area (Å²) in [5.74, 6) is -0.0329. The third-order valence-corrected chi connectivity index (χ3v) is 8.30. The second-order valence-corrected chi connectivity index (χ2v) is 9.85. The van der Waals surface area contributed by atoms with Crippen LogP contribution in [0.5, 0.6) is 5.75 Å². The third kappa shape index (κ3) is 2.85. The number of ketones is 1. The Morgan fingerprint density at radius 2 is 1.79 bits per heavy atom. The molecule has 0 amide bonds. The molecule has 0 spiro atoms. The highest BCUT2D eigenvalue weighted by Crippen LogP contribution is 2.43. The Labute approximate surface area is 141 Å². The average molecular weight is 352 g/mol. The van der Waals surface area contributed by atoms with Crippen LogP contribution >= 0.6 is 0 Å². The molecule has 6 heteroatoms. The van der Waals surface area contributed by atoms with Crippen LogP contribution < -0.4 is 4.74 Å². The van der Waals surface area contributed by atoms with E-state index in [0.29, 0.717) is 44.0 Å². The molecule has 0 radical (unpaired) electrons. The van der Waals surface area contributed by atoms with Crippen LogP contribution in [0.2, 0.25) is 0 Å². The minimum Gasteiger partial charge on any atom is -0.493 e. The lowest BCUT2D eigenvalue weighted by Gasteiger charge is -2.27. The van der Waals surface area contributed by atoms with Crippen LogP contribution in [-0.4, -0.2) is 31.3 Å². The van der Waals surface area contributed by atoms with Crippen LogP contribution in [0.15, 0.2) is 18.2 Å². The first-order chi connectivity index (χ1) is 11.4. The Balaban J connectivity index is 1.56. The zero-order valence-electron chi connectivity index (χ0n) is 13.4. The van der Waals surface area contributed by atoms with Gasteiger partial charge >= 0.3 is 0 Å². The molecule has 1 aromatic carbocycles. The van der Waals surface area contributed by atoms with E-state index in [1.54, 1.807) is 0 Å². The number of carbonyl (C=O) groups is 1. The first kappa shape index (κ1) is 16.1. The van der Waals surface area contributed by atoms with Crippen molar-refractivity contribution in [2.45, 2.75) is 49.0 Å². The predicted octanol–water partition coefficient (Wildman–Crippen LogP) is 3.15. The fourth-order valence-corrected chi connectivity index (χ4v) is 6.43. The van der Waals surface area contributed by atoms with Gasteiger partial charge in [0.05, 0.1) is 22.7 Å². The number of benzene rings is 1. The molecule has 24 heavy (non-hydrogen) atoms. The van der Waals surface area contributed by atoms with Gasteiger partial charge in [0.15, 0.2) is 15.6 Å². The van der Waals surface area contributed by atoms with E-state index in [2.05, 4.69) is 0 Å². The van der Waals surface area contributed by atoms with E-state index >= 15 is 0 Å². The molecule has 3 aliphatic rings. The normalized spacial score (nSPS) is 31.0. The Kier molecular flexibility index (Phi) is 3.90. The topological polar surface area (TPSA) is 60.4 Å². The second-order valence-electron chi connectivity index (χ2n) is 7.34. The van der Waals surface area contributed by atoms with E-state index in [1.807, 2.05) is 0 Å². The summed E-state index contributed by atoms with van der Waals surface area (Å²) in [6.45, 7) is 0.552. The molecule has 2 bridgehead atoms. The van der Waals surface area contributed by atoms with Crippen LogP contribution in [-0.2, 0) is 9.84 Å². The standard InChI is InChI=1S/C18H21FO4S/c19-13-3-6-17(23-10-11-1-2-11)16(9-13)18(20)12-7-14-4-5-15(8-12)24(14,21)22/h3,6,9,11-12,14-15H,1-2,4-5,7-8,10H2. The van der Waals surface area contributed by atoms with Gasteiger partial charge in [0.1, 0.15) is 11.6 Å². The fraction of sp³-hybridized carbons (Fsp3) is 0.611. The minimum absolute atomic E-state index is 0.174. The molecule has 2 aliphatic heterocycles. The van der Waals surface area contributed by atoms with Crippen LogP contribution in [0.3, 0.4) is 0 Å². The average Bonchev–Trinajstić information content (AvgIpc) is 3.35. The number of fused-ring (bicyclic) bond motifs is 2. The number of halogens is 1. The first-order valence-corrected chi connectivity index (χ1v) is 10.3. The van der Waals surface area contributed by atoms with Gasteiger partial charge in [-0.25, -0.2) is 12.8 Å². The quantitative estimate of drug-likeness (QED) is 0.764. The SMILES string of the molecule is O=C(c1cc(F)ccc1OCC1CC1)C1CC2CCC(C1)S2(=O)=O.